The van der Waals surface area contributed by atoms with Crippen LogP contribution < -0.4 is 14.2 Å². The van der Waals surface area contributed by atoms with Gasteiger partial charge in [-0.2, -0.15) is 0 Å². The van der Waals surface area contributed by atoms with E-state index < -0.39 is 5.97 Å². The smallest absolute Gasteiger partial charge is 0.338 e. The first kappa shape index (κ1) is 27.8. The number of benzene rings is 1. The molecule has 0 unspecified atom stereocenters. The van der Waals surface area contributed by atoms with E-state index >= 15 is 0 Å². The molecule has 0 aliphatic heterocycles. The first-order valence-electron chi connectivity index (χ1n) is 11.7. The van der Waals surface area contributed by atoms with Crippen LogP contribution >= 0.6 is 0 Å². The maximum atomic E-state index is 12.5. The monoisotopic (exact) mass is 452 g/mol. The molecule has 1 aromatic rings. The Morgan fingerprint density at radius 3 is 1.61 bits per heavy atom. The molecule has 5 heteroatoms. The van der Waals surface area contributed by atoms with Gasteiger partial charge in [0.2, 0.25) is 5.75 Å². The third kappa shape index (κ3) is 11.8. The second-order valence-corrected chi connectivity index (χ2v) is 7.47. The number of carbonyl (C=O) groups excluding carboxylic acids is 1. The van der Waals surface area contributed by atoms with E-state index in [0.29, 0.717) is 68.5 Å². The third-order valence-corrected chi connectivity index (χ3v) is 4.60. The van der Waals surface area contributed by atoms with Gasteiger partial charge in [0.15, 0.2) is 11.5 Å². The van der Waals surface area contributed by atoms with E-state index in [1.165, 1.54) is 0 Å². The maximum absolute atomic E-state index is 12.5. The molecule has 1 rings (SSSR count). The lowest BCUT2D eigenvalue weighted by Crippen LogP contribution is -2.10. The van der Waals surface area contributed by atoms with Gasteiger partial charge in [-0.15, -0.1) is 37.0 Å². The van der Waals surface area contributed by atoms with Crippen molar-refractivity contribution in [2.75, 3.05) is 26.4 Å². The van der Waals surface area contributed by atoms with E-state index in [4.69, 9.17) is 38.2 Å². The fourth-order valence-corrected chi connectivity index (χ4v) is 2.86. The number of terminal acetylenes is 3. The van der Waals surface area contributed by atoms with Crippen LogP contribution in [0.4, 0.5) is 0 Å². The van der Waals surface area contributed by atoms with Crippen molar-refractivity contribution in [1.82, 2.24) is 0 Å². The molecule has 0 saturated heterocycles. The van der Waals surface area contributed by atoms with Gasteiger partial charge in [-0.1, -0.05) is 6.92 Å². The van der Waals surface area contributed by atoms with Crippen molar-refractivity contribution in [3.63, 3.8) is 0 Å². The summed E-state index contributed by atoms with van der Waals surface area (Å²) in [6.45, 7) is 3.65. The Balaban J connectivity index is 3.09. The largest absolute Gasteiger partial charge is 0.490 e. The average molecular weight is 453 g/mol. The van der Waals surface area contributed by atoms with Crippen LogP contribution in [0.25, 0.3) is 0 Å². The molecular weight excluding hydrogens is 416 g/mol. The molecule has 33 heavy (non-hydrogen) atoms. The zero-order chi connectivity index (χ0) is 24.2. The highest BCUT2D eigenvalue weighted by molar-refractivity contribution is 5.91. The number of unbranched alkanes of at least 4 members (excludes halogenated alkanes) is 6. The Labute approximate surface area is 199 Å². The molecule has 0 saturated carbocycles. The van der Waals surface area contributed by atoms with Crippen LogP contribution in [-0.2, 0) is 4.74 Å². The Bertz CT molecular complexity index is 777. The van der Waals surface area contributed by atoms with Crippen molar-refractivity contribution in [2.45, 2.75) is 71.1 Å². The first-order valence-corrected chi connectivity index (χ1v) is 11.7. The zero-order valence-electron chi connectivity index (χ0n) is 19.8. The molecule has 0 aromatic heterocycles. The van der Waals surface area contributed by atoms with Gasteiger partial charge in [-0.3, -0.25) is 0 Å². The molecule has 0 bridgehead atoms. The number of carbonyl (C=O) groups is 1. The summed E-state index contributed by atoms with van der Waals surface area (Å²) >= 11 is 0. The lowest BCUT2D eigenvalue weighted by molar-refractivity contribution is 0.0504. The number of hydrogen-bond donors (Lipinski definition) is 0. The van der Waals surface area contributed by atoms with Gasteiger partial charge in [0, 0.05) is 19.3 Å². The quantitative estimate of drug-likeness (QED) is 0.160. The van der Waals surface area contributed by atoms with Crippen LogP contribution in [0.2, 0.25) is 0 Å². The predicted octanol–water partition coefficient (Wildman–Crippen LogP) is 5.80. The van der Waals surface area contributed by atoms with Gasteiger partial charge in [-0.05, 0) is 57.1 Å². The van der Waals surface area contributed by atoms with Crippen LogP contribution in [0, 0.1) is 37.0 Å². The highest BCUT2D eigenvalue weighted by Crippen LogP contribution is 2.40. The molecule has 0 aliphatic rings. The van der Waals surface area contributed by atoms with Gasteiger partial charge in [0.1, 0.15) is 0 Å². The predicted molar refractivity (Wildman–Crippen MR) is 132 cm³/mol. The summed E-state index contributed by atoms with van der Waals surface area (Å²) < 4.78 is 23.4. The SMILES string of the molecule is C#CCCCCOc1cc(C(=O)OCCC)cc(OCCCCC#C)c1OCCCCC#C. The van der Waals surface area contributed by atoms with E-state index in [9.17, 15) is 4.79 Å². The van der Waals surface area contributed by atoms with Crippen molar-refractivity contribution in [3.05, 3.63) is 17.7 Å². The number of rotatable bonds is 18. The second-order valence-electron chi connectivity index (χ2n) is 7.47. The summed E-state index contributed by atoms with van der Waals surface area (Å²) in [5, 5.41) is 0. The minimum absolute atomic E-state index is 0.344. The van der Waals surface area contributed by atoms with E-state index in [-0.39, 0.29) is 0 Å². The number of esters is 1. The number of hydrogen-bond acceptors (Lipinski definition) is 5. The molecular formula is C28H36O5. The molecule has 0 spiro atoms. The molecule has 1 aromatic carbocycles. The summed E-state index contributed by atoms with van der Waals surface area (Å²) in [5.74, 6) is 8.85. The fraction of sp³-hybridized carbons (Fsp3) is 0.536. The second kappa shape index (κ2) is 18.4. The zero-order valence-corrected chi connectivity index (χ0v) is 19.8. The third-order valence-electron chi connectivity index (χ3n) is 4.60. The standard InChI is InChI=1S/C28H36O5/c1-5-9-12-15-19-30-25-22-24(28(29)33-18-8-4)23-26(31-20-16-13-10-6-2)27(25)32-21-17-14-11-7-3/h1-3,22-23H,8-21H2,4H3. The topological polar surface area (TPSA) is 54.0 Å². The van der Waals surface area contributed by atoms with E-state index in [0.717, 1.165) is 44.9 Å². The van der Waals surface area contributed by atoms with Crippen LogP contribution in [-0.4, -0.2) is 32.4 Å². The molecule has 0 amide bonds. The fourth-order valence-electron chi connectivity index (χ4n) is 2.86. The van der Waals surface area contributed by atoms with Crippen LogP contribution in [0.5, 0.6) is 17.2 Å². The summed E-state index contributed by atoms with van der Waals surface area (Å²) in [4.78, 5) is 12.5. The van der Waals surface area contributed by atoms with E-state index in [1.54, 1.807) is 12.1 Å². The van der Waals surface area contributed by atoms with Gasteiger partial charge in [-0.25, -0.2) is 4.79 Å². The highest BCUT2D eigenvalue weighted by atomic mass is 16.5. The summed E-state index contributed by atoms with van der Waals surface area (Å²) in [6, 6.07) is 3.31. The molecule has 0 heterocycles. The molecule has 0 aliphatic carbocycles. The summed E-state index contributed by atoms with van der Waals surface area (Å²) in [5.41, 5.74) is 0.361. The Hall–Kier alpha value is -3.23. The summed E-state index contributed by atoms with van der Waals surface area (Å²) in [7, 11) is 0. The highest BCUT2D eigenvalue weighted by Gasteiger charge is 2.20. The number of ether oxygens (including phenoxy) is 4. The molecule has 5 nitrogen and oxygen atoms in total. The Morgan fingerprint density at radius 1 is 0.727 bits per heavy atom. The van der Waals surface area contributed by atoms with Crippen molar-refractivity contribution >= 4 is 5.97 Å². The summed E-state index contributed by atoms with van der Waals surface area (Å²) in [6.07, 6.45) is 23.8. The maximum Gasteiger partial charge on any atom is 0.338 e. The lowest BCUT2D eigenvalue weighted by atomic mass is 10.1. The van der Waals surface area contributed by atoms with Gasteiger partial charge in [0.25, 0.3) is 0 Å². The van der Waals surface area contributed by atoms with Crippen LogP contribution in [0.1, 0.15) is 81.5 Å². The average Bonchev–Trinajstić information content (AvgIpc) is 2.82. The minimum Gasteiger partial charge on any atom is -0.490 e. The van der Waals surface area contributed by atoms with E-state index in [1.807, 2.05) is 6.92 Å². The van der Waals surface area contributed by atoms with Gasteiger partial charge < -0.3 is 18.9 Å². The van der Waals surface area contributed by atoms with Crippen molar-refractivity contribution in [1.29, 1.82) is 0 Å². The normalized spacial score (nSPS) is 9.88. The van der Waals surface area contributed by atoms with Gasteiger partial charge in [0.05, 0.1) is 32.0 Å². The van der Waals surface area contributed by atoms with Crippen LogP contribution in [0.15, 0.2) is 12.1 Å². The molecule has 178 valence electrons. The molecule has 0 atom stereocenters. The molecule has 0 radical (unpaired) electrons. The van der Waals surface area contributed by atoms with Crippen molar-refractivity contribution in [2.24, 2.45) is 0 Å². The van der Waals surface area contributed by atoms with Crippen LogP contribution in [0.3, 0.4) is 0 Å². The van der Waals surface area contributed by atoms with E-state index in [2.05, 4.69) is 17.8 Å². The Morgan fingerprint density at radius 2 is 1.18 bits per heavy atom. The first-order chi connectivity index (χ1) is 16.2. The van der Waals surface area contributed by atoms with Crippen molar-refractivity contribution in [3.8, 4) is 54.3 Å². The minimum atomic E-state index is -0.424. The van der Waals surface area contributed by atoms with Crippen molar-refractivity contribution < 1.29 is 23.7 Å². The molecule has 0 N–H and O–H groups in total. The lowest BCUT2D eigenvalue weighted by Gasteiger charge is -2.18. The van der Waals surface area contributed by atoms with Gasteiger partial charge >= 0.3 is 5.97 Å². The molecule has 0 fully saturated rings. The Kier molecular flexibility index (Phi) is 15.5.